The Kier molecular flexibility index (Phi) is 4.72. The fraction of sp³-hybridized carbons (Fsp3) is 0.571. The maximum atomic E-state index is 12.8. The maximum absolute atomic E-state index is 12.8. The number of rotatable bonds is 2. The summed E-state index contributed by atoms with van der Waals surface area (Å²) in [6.45, 7) is 2.80. The standard InChI is InChI=1S/C14H16F6N2/c1-21-2-4-22(5-3-21)9-10-6-11(13(15,16)17)8-12(7-10)14(18,19)20/h6-8H,2-5,9H2,1H3. The largest absolute Gasteiger partial charge is 0.416 e. The number of alkyl halides is 6. The van der Waals surface area contributed by atoms with Crippen molar-refractivity contribution in [2.45, 2.75) is 18.9 Å². The van der Waals surface area contributed by atoms with Crippen LogP contribution in [0.5, 0.6) is 0 Å². The molecule has 1 saturated heterocycles. The minimum Gasteiger partial charge on any atom is -0.304 e. The first-order chi connectivity index (χ1) is 10.1. The lowest BCUT2D eigenvalue weighted by Gasteiger charge is -2.32. The van der Waals surface area contributed by atoms with Crippen molar-refractivity contribution in [3.05, 3.63) is 34.9 Å². The number of hydrogen-bond acceptors (Lipinski definition) is 2. The van der Waals surface area contributed by atoms with E-state index in [2.05, 4.69) is 4.90 Å². The van der Waals surface area contributed by atoms with Gasteiger partial charge in [0.05, 0.1) is 11.1 Å². The molecule has 124 valence electrons. The van der Waals surface area contributed by atoms with Crippen LogP contribution in [0.4, 0.5) is 26.3 Å². The molecule has 1 aromatic carbocycles. The summed E-state index contributed by atoms with van der Waals surface area (Å²) in [4.78, 5) is 3.92. The summed E-state index contributed by atoms with van der Waals surface area (Å²) in [6, 6.07) is 1.76. The van der Waals surface area contributed by atoms with Crippen molar-refractivity contribution in [2.75, 3.05) is 33.2 Å². The molecule has 1 aromatic rings. The minimum absolute atomic E-state index is 0.0340. The number of piperazine rings is 1. The molecule has 0 aromatic heterocycles. The molecule has 0 radical (unpaired) electrons. The molecule has 1 aliphatic heterocycles. The average Bonchev–Trinajstić information content (AvgIpc) is 2.39. The van der Waals surface area contributed by atoms with E-state index in [9.17, 15) is 26.3 Å². The SMILES string of the molecule is CN1CCN(Cc2cc(C(F)(F)F)cc(C(F)(F)F)c2)CC1. The zero-order valence-corrected chi connectivity index (χ0v) is 11.9. The molecule has 0 unspecified atom stereocenters. The molecular formula is C14H16F6N2. The summed E-state index contributed by atoms with van der Waals surface area (Å²) in [5.74, 6) is 0. The summed E-state index contributed by atoms with van der Waals surface area (Å²) in [7, 11) is 1.92. The summed E-state index contributed by atoms with van der Waals surface area (Å²) in [5.41, 5.74) is -2.48. The maximum Gasteiger partial charge on any atom is 0.416 e. The molecular weight excluding hydrogens is 310 g/mol. The fourth-order valence-corrected chi connectivity index (χ4v) is 2.37. The third-order valence-electron chi connectivity index (χ3n) is 3.65. The first-order valence-electron chi connectivity index (χ1n) is 6.75. The summed E-state index contributed by atoms with van der Waals surface area (Å²) in [5, 5.41) is 0. The van der Waals surface area contributed by atoms with Gasteiger partial charge in [-0.2, -0.15) is 26.3 Å². The second-order valence-corrected chi connectivity index (χ2v) is 5.49. The Labute approximate surface area is 124 Å². The van der Waals surface area contributed by atoms with Gasteiger partial charge in [-0.3, -0.25) is 4.90 Å². The van der Waals surface area contributed by atoms with Crippen molar-refractivity contribution >= 4 is 0 Å². The number of hydrogen-bond donors (Lipinski definition) is 0. The molecule has 0 bridgehead atoms. The van der Waals surface area contributed by atoms with E-state index in [1.807, 2.05) is 11.9 Å². The van der Waals surface area contributed by atoms with Gasteiger partial charge in [-0.15, -0.1) is 0 Å². The van der Waals surface area contributed by atoms with Crippen LogP contribution >= 0.6 is 0 Å². The van der Waals surface area contributed by atoms with E-state index in [1.54, 1.807) is 0 Å². The van der Waals surface area contributed by atoms with E-state index in [4.69, 9.17) is 0 Å². The van der Waals surface area contributed by atoms with Crippen molar-refractivity contribution in [2.24, 2.45) is 0 Å². The zero-order valence-electron chi connectivity index (χ0n) is 11.9. The third kappa shape index (κ3) is 4.36. The molecule has 1 aliphatic rings. The molecule has 1 heterocycles. The van der Waals surface area contributed by atoms with Crippen molar-refractivity contribution in [1.82, 2.24) is 9.80 Å². The van der Waals surface area contributed by atoms with E-state index < -0.39 is 23.5 Å². The molecule has 2 rings (SSSR count). The van der Waals surface area contributed by atoms with Gasteiger partial charge in [-0.05, 0) is 30.8 Å². The van der Waals surface area contributed by atoms with Crippen molar-refractivity contribution in [3.8, 4) is 0 Å². The molecule has 1 fully saturated rings. The highest BCUT2D eigenvalue weighted by atomic mass is 19.4. The molecule has 8 heteroatoms. The average molecular weight is 326 g/mol. The first-order valence-corrected chi connectivity index (χ1v) is 6.75. The van der Waals surface area contributed by atoms with Crippen LogP contribution in [-0.2, 0) is 18.9 Å². The monoisotopic (exact) mass is 326 g/mol. The normalized spacial score (nSPS) is 18.7. The van der Waals surface area contributed by atoms with Crippen molar-refractivity contribution in [3.63, 3.8) is 0 Å². The van der Waals surface area contributed by atoms with Crippen LogP contribution < -0.4 is 0 Å². The molecule has 0 saturated carbocycles. The first kappa shape index (κ1) is 17.1. The smallest absolute Gasteiger partial charge is 0.304 e. The van der Waals surface area contributed by atoms with E-state index in [0.29, 0.717) is 13.1 Å². The highest BCUT2D eigenvalue weighted by Crippen LogP contribution is 2.36. The van der Waals surface area contributed by atoms with Gasteiger partial charge < -0.3 is 4.90 Å². The Hall–Kier alpha value is -1.28. The lowest BCUT2D eigenvalue weighted by atomic mass is 10.0. The van der Waals surface area contributed by atoms with Gasteiger partial charge >= 0.3 is 12.4 Å². The van der Waals surface area contributed by atoms with Gasteiger partial charge in [0.1, 0.15) is 0 Å². The van der Waals surface area contributed by atoms with Crippen molar-refractivity contribution in [1.29, 1.82) is 0 Å². The molecule has 2 nitrogen and oxygen atoms in total. The Morgan fingerprint density at radius 1 is 0.818 bits per heavy atom. The predicted octanol–water partition coefficient (Wildman–Crippen LogP) is 3.47. The predicted molar refractivity (Wildman–Crippen MR) is 69.2 cm³/mol. The van der Waals surface area contributed by atoms with Gasteiger partial charge in [-0.1, -0.05) is 0 Å². The molecule has 22 heavy (non-hydrogen) atoms. The zero-order chi connectivity index (χ0) is 16.5. The van der Waals surface area contributed by atoms with Crippen LogP contribution in [0, 0.1) is 0 Å². The van der Waals surface area contributed by atoms with Crippen LogP contribution in [0.25, 0.3) is 0 Å². The van der Waals surface area contributed by atoms with Gasteiger partial charge in [0.15, 0.2) is 0 Å². The molecule has 0 aliphatic carbocycles. The molecule has 0 N–H and O–H groups in total. The lowest BCUT2D eigenvalue weighted by molar-refractivity contribution is -0.143. The number of halogens is 6. The topological polar surface area (TPSA) is 6.48 Å². The van der Waals surface area contributed by atoms with Gasteiger partial charge in [0.2, 0.25) is 0 Å². The number of nitrogens with zero attached hydrogens (tertiary/aromatic N) is 2. The van der Waals surface area contributed by atoms with Gasteiger partial charge in [0.25, 0.3) is 0 Å². The Morgan fingerprint density at radius 3 is 1.68 bits per heavy atom. The fourth-order valence-electron chi connectivity index (χ4n) is 2.37. The van der Waals surface area contributed by atoms with E-state index >= 15 is 0 Å². The highest BCUT2D eigenvalue weighted by Gasteiger charge is 2.37. The second kappa shape index (κ2) is 6.08. The second-order valence-electron chi connectivity index (χ2n) is 5.49. The molecule has 0 spiro atoms. The molecule has 0 amide bonds. The summed E-state index contributed by atoms with van der Waals surface area (Å²) < 4.78 is 76.7. The van der Waals surface area contributed by atoms with Gasteiger partial charge in [-0.25, -0.2) is 0 Å². The van der Waals surface area contributed by atoms with Crippen LogP contribution in [0.15, 0.2) is 18.2 Å². The highest BCUT2D eigenvalue weighted by molar-refractivity contribution is 5.33. The Bertz CT molecular complexity index is 483. The molecule has 0 atom stereocenters. The lowest BCUT2D eigenvalue weighted by Crippen LogP contribution is -2.43. The summed E-state index contributed by atoms with van der Waals surface area (Å²) in [6.07, 6.45) is -9.59. The number of benzene rings is 1. The Balaban J connectivity index is 2.26. The number of likely N-dealkylation sites (N-methyl/N-ethyl adjacent to an activating group) is 1. The van der Waals surface area contributed by atoms with E-state index in [0.717, 1.165) is 25.2 Å². The van der Waals surface area contributed by atoms with E-state index in [1.165, 1.54) is 0 Å². The van der Waals surface area contributed by atoms with Crippen LogP contribution in [0.1, 0.15) is 16.7 Å². The van der Waals surface area contributed by atoms with Crippen LogP contribution in [-0.4, -0.2) is 43.0 Å². The van der Waals surface area contributed by atoms with E-state index in [-0.39, 0.29) is 18.2 Å². The van der Waals surface area contributed by atoms with Crippen LogP contribution in [0.2, 0.25) is 0 Å². The quantitative estimate of drug-likeness (QED) is 0.768. The van der Waals surface area contributed by atoms with Crippen LogP contribution in [0.3, 0.4) is 0 Å². The van der Waals surface area contributed by atoms with Gasteiger partial charge in [0, 0.05) is 32.7 Å². The minimum atomic E-state index is -4.79. The Morgan fingerprint density at radius 2 is 1.27 bits per heavy atom. The third-order valence-corrected chi connectivity index (χ3v) is 3.65. The van der Waals surface area contributed by atoms with Crippen molar-refractivity contribution < 1.29 is 26.3 Å². The summed E-state index contributed by atoms with van der Waals surface area (Å²) >= 11 is 0.